The molecule has 0 aliphatic carbocycles. The van der Waals surface area contributed by atoms with E-state index >= 15 is 0 Å². The number of rotatable bonds is 7. The number of ether oxygens (including phenoxy) is 1. The van der Waals surface area contributed by atoms with E-state index in [4.69, 9.17) is 4.74 Å². The van der Waals surface area contributed by atoms with E-state index < -0.39 is 24.5 Å². The molecule has 0 unspecified atom stereocenters. The van der Waals surface area contributed by atoms with Crippen LogP contribution in [-0.4, -0.2) is 25.3 Å². The summed E-state index contributed by atoms with van der Waals surface area (Å²) in [6.07, 6.45) is -4.24. The van der Waals surface area contributed by atoms with Gasteiger partial charge in [-0.25, -0.2) is 9.87 Å². The molecule has 0 aliphatic heterocycles. The van der Waals surface area contributed by atoms with Gasteiger partial charge >= 0.3 is 6.18 Å². The third-order valence-corrected chi connectivity index (χ3v) is 2.05. The minimum absolute atomic E-state index is 0.0426. The zero-order chi connectivity index (χ0) is 15.0. The van der Waals surface area contributed by atoms with Gasteiger partial charge in [0, 0.05) is 6.42 Å². The first-order valence-corrected chi connectivity index (χ1v) is 5.72. The first kappa shape index (κ1) is 16.2. The second-order valence-corrected chi connectivity index (χ2v) is 3.84. The molecule has 0 saturated carbocycles. The van der Waals surface area contributed by atoms with Crippen molar-refractivity contribution in [2.45, 2.75) is 19.0 Å². The number of nitrogens with one attached hydrogen (secondary N) is 1. The monoisotopic (exact) mass is 295 g/mol. The standard InChI is InChI=1S/C12H13F4NO3/c13-9-3-5-10(6-4-9)19-7-1-2-11(18)17-20-8-12(14,15)16/h3-6H,1-2,7-8H2,(H,17,18). The Kier molecular flexibility index (Phi) is 6.23. The fourth-order valence-corrected chi connectivity index (χ4v) is 1.20. The van der Waals surface area contributed by atoms with Crippen molar-refractivity contribution in [2.75, 3.05) is 13.2 Å². The molecule has 1 aromatic carbocycles. The van der Waals surface area contributed by atoms with Crippen LogP contribution in [0.3, 0.4) is 0 Å². The average Bonchev–Trinajstić information content (AvgIpc) is 2.35. The van der Waals surface area contributed by atoms with Crippen molar-refractivity contribution in [3.05, 3.63) is 30.1 Å². The summed E-state index contributed by atoms with van der Waals surface area (Å²) >= 11 is 0. The third-order valence-electron chi connectivity index (χ3n) is 2.05. The van der Waals surface area contributed by atoms with Crippen molar-refractivity contribution in [3.8, 4) is 5.75 Å². The fraction of sp³-hybridized carbons (Fsp3) is 0.417. The number of hydroxylamine groups is 1. The highest BCUT2D eigenvalue weighted by Gasteiger charge is 2.28. The number of carbonyl (C=O) groups is 1. The van der Waals surface area contributed by atoms with Crippen LogP contribution in [0.15, 0.2) is 24.3 Å². The van der Waals surface area contributed by atoms with Crippen molar-refractivity contribution >= 4 is 5.91 Å². The molecular weight excluding hydrogens is 282 g/mol. The van der Waals surface area contributed by atoms with Gasteiger partial charge in [0.2, 0.25) is 5.91 Å². The number of carbonyl (C=O) groups excluding carboxylic acids is 1. The highest BCUT2D eigenvalue weighted by Crippen LogP contribution is 2.13. The number of benzene rings is 1. The second kappa shape index (κ2) is 7.68. The van der Waals surface area contributed by atoms with Gasteiger partial charge in [0.1, 0.15) is 11.6 Å². The van der Waals surface area contributed by atoms with Crippen LogP contribution < -0.4 is 10.2 Å². The maximum absolute atomic E-state index is 12.6. The molecule has 0 aliphatic rings. The highest BCUT2D eigenvalue weighted by molar-refractivity contribution is 5.74. The Morgan fingerprint density at radius 3 is 2.45 bits per heavy atom. The predicted molar refractivity (Wildman–Crippen MR) is 61.3 cm³/mol. The average molecular weight is 295 g/mol. The van der Waals surface area contributed by atoms with E-state index in [1.807, 2.05) is 0 Å². The molecule has 0 aromatic heterocycles. The Bertz CT molecular complexity index is 420. The zero-order valence-electron chi connectivity index (χ0n) is 10.4. The van der Waals surface area contributed by atoms with Gasteiger partial charge in [0.25, 0.3) is 0 Å². The molecule has 0 bridgehead atoms. The van der Waals surface area contributed by atoms with Crippen molar-refractivity contribution in [3.63, 3.8) is 0 Å². The van der Waals surface area contributed by atoms with Crippen LogP contribution in [0.1, 0.15) is 12.8 Å². The minimum Gasteiger partial charge on any atom is -0.494 e. The van der Waals surface area contributed by atoms with Gasteiger partial charge in [0.15, 0.2) is 6.61 Å². The second-order valence-electron chi connectivity index (χ2n) is 3.84. The Balaban J connectivity index is 2.09. The first-order valence-electron chi connectivity index (χ1n) is 5.72. The van der Waals surface area contributed by atoms with E-state index in [9.17, 15) is 22.4 Å². The van der Waals surface area contributed by atoms with Crippen LogP contribution in [0, 0.1) is 5.82 Å². The lowest BCUT2D eigenvalue weighted by molar-refractivity contribution is -0.191. The van der Waals surface area contributed by atoms with Crippen LogP contribution >= 0.6 is 0 Å². The van der Waals surface area contributed by atoms with Gasteiger partial charge in [-0.3, -0.25) is 9.63 Å². The van der Waals surface area contributed by atoms with E-state index in [1.54, 1.807) is 5.48 Å². The summed E-state index contributed by atoms with van der Waals surface area (Å²) in [5, 5.41) is 0. The Labute approximate surface area is 112 Å². The molecule has 1 aromatic rings. The van der Waals surface area contributed by atoms with Gasteiger partial charge in [0.05, 0.1) is 6.61 Å². The number of hydrogen-bond acceptors (Lipinski definition) is 3. The van der Waals surface area contributed by atoms with Crippen LogP contribution in [0.25, 0.3) is 0 Å². The molecular formula is C12H13F4NO3. The smallest absolute Gasteiger partial charge is 0.414 e. The SMILES string of the molecule is O=C(CCCOc1ccc(F)cc1)NOCC(F)(F)F. The largest absolute Gasteiger partial charge is 0.494 e. The van der Waals surface area contributed by atoms with E-state index in [1.165, 1.54) is 24.3 Å². The number of alkyl halides is 3. The number of amides is 1. The topological polar surface area (TPSA) is 47.6 Å². The molecule has 0 heterocycles. The van der Waals surface area contributed by atoms with Gasteiger partial charge < -0.3 is 4.74 Å². The molecule has 0 saturated heterocycles. The van der Waals surface area contributed by atoms with E-state index in [0.717, 1.165) is 0 Å². The highest BCUT2D eigenvalue weighted by atomic mass is 19.4. The molecule has 0 spiro atoms. The van der Waals surface area contributed by atoms with Crippen molar-refractivity contribution in [2.24, 2.45) is 0 Å². The molecule has 8 heteroatoms. The Morgan fingerprint density at radius 2 is 1.85 bits per heavy atom. The number of halogens is 4. The maximum atomic E-state index is 12.6. The maximum Gasteiger partial charge on any atom is 0.414 e. The van der Waals surface area contributed by atoms with Gasteiger partial charge in [-0.2, -0.15) is 13.2 Å². The third kappa shape index (κ3) is 7.57. The summed E-state index contributed by atoms with van der Waals surface area (Å²) in [5.74, 6) is -0.615. The Hall–Kier alpha value is -1.83. The molecule has 1 rings (SSSR count). The molecule has 1 N–H and O–H groups in total. The van der Waals surface area contributed by atoms with Crippen LogP contribution in [0.5, 0.6) is 5.75 Å². The first-order chi connectivity index (χ1) is 9.37. The summed E-state index contributed by atoms with van der Waals surface area (Å²) in [6, 6.07) is 5.32. The minimum atomic E-state index is -4.49. The molecule has 0 atom stereocenters. The van der Waals surface area contributed by atoms with E-state index in [0.29, 0.717) is 12.2 Å². The van der Waals surface area contributed by atoms with Crippen LogP contribution in [-0.2, 0) is 9.63 Å². The molecule has 112 valence electrons. The van der Waals surface area contributed by atoms with Crippen molar-refractivity contribution in [1.82, 2.24) is 5.48 Å². The molecule has 1 amide bonds. The van der Waals surface area contributed by atoms with E-state index in [-0.39, 0.29) is 13.0 Å². The summed E-state index contributed by atoms with van der Waals surface area (Å²) in [6.45, 7) is -1.36. The Morgan fingerprint density at radius 1 is 1.20 bits per heavy atom. The van der Waals surface area contributed by atoms with E-state index in [2.05, 4.69) is 4.84 Å². The lowest BCUT2D eigenvalue weighted by Crippen LogP contribution is -2.29. The summed E-state index contributed by atoms with van der Waals surface area (Å²) < 4.78 is 52.9. The quantitative estimate of drug-likeness (QED) is 0.478. The van der Waals surface area contributed by atoms with Crippen molar-refractivity contribution in [1.29, 1.82) is 0 Å². The molecule has 0 fully saturated rings. The molecule has 4 nitrogen and oxygen atoms in total. The normalized spacial score (nSPS) is 11.2. The van der Waals surface area contributed by atoms with Crippen molar-refractivity contribution < 1.29 is 31.9 Å². The van der Waals surface area contributed by atoms with Gasteiger partial charge in [-0.05, 0) is 30.7 Å². The zero-order valence-corrected chi connectivity index (χ0v) is 10.4. The van der Waals surface area contributed by atoms with Crippen LogP contribution in [0.4, 0.5) is 17.6 Å². The lowest BCUT2D eigenvalue weighted by Gasteiger charge is -2.08. The predicted octanol–water partition coefficient (Wildman–Crippen LogP) is 2.59. The number of hydrogen-bond donors (Lipinski definition) is 1. The molecule has 20 heavy (non-hydrogen) atoms. The van der Waals surface area contributed by atoms with Gasteiger partial charge in [-0.15, -0.1) is 0 Å². The summed E-state index contributed by atoms with van der Waals surface area (Å²) in [7, 11) is 0. The van der Waals surface area contributed by atoms with Gasteiger partial charge in [-0.1, -0.05) is 0 Å². The van der Waals surface area contributed by atoms with Crippen LogP contribution in [0.2, 0.25) is 0 Å². The summed E-state index contributed by atoms with van der Waals surface area (Å²) in [5.41, 5.74) is 1.68. The lowest BCUT2D eigenvalue weighted by atomic mass is 10.3. The molecule has 0 radical (unpaired) electrons. The fourth-order valence-electron chi connectivity index (χ4n) is 1.20. The summed E-state index contributed by atoms with van der Waals surface area (Å²) in [4.78, 5) is 15.1.